The Hall–Kier alpha value is -4.08. The number of amides is 1. The molecule has 3 fully saturated rings. The summed E-state index contributed by atoms with van der Waals surface area (Å²) in [6.45, 7) is 10.2. The van der Waals surface area contributed by atoms with E-state index >= 15 is 0 Å². The van der Waals surface area contributed by atoms with Crippen LogP contribution in [0.4, 0.5) is 0 Å². The van der Waals surface area contributed by atoms with Crippen LogP contribution in [0.2, 0.25) is 5.02 Å². The molecular formula is C34H34ClN7O2. The highest BCUT2D eigenvalue weighted by Gasteiger charge is 2.54. The number of aromatic nitrogens is 6. The molecule has 5 heterocycles. The molecule has 1 atom stereocenters. The first-order valence-corrected chi connectivity index (χ1v) is 15.7. The quantitative estimate of drug-likeness (QED) is 0.203. The number of aryl methyl sites for hydroxylation is 1. The van der Waals surface area contributed by atoms with E-state index in [2.05, 4.69) is 53.5 Å². The Bertz CT molecular complexity index is 1960. The lowest BCUT2D eigenvalue weighted by atomic mass is 9.60. The first-order chi connectivity index (χ1) is 21.4. The van der Waals surface area contributed by atoms with Crippen molar-refractivity contribution in [1.29, 1.82) is 0 Å². The number of rotatable bonds is 5. The monoisotopic (exact) mass is 607 g/mol. The van der Waals surface area contributed by atoms with E-state index in [9.17, 15) is 4.79 Å². The van der Waals surface area contributed by atoms with Gasteiger partial charge in [-0.3, -0.25) is 9.48 Å². The lowest BCUT2D eigenvalue weighted by Gasteiger charge is -2.58. The minimum absolute atomic E-state index is 0.0113. The average molecular weight is 608 g/mol. The van der Waals surface area contributed by atoms with Crippen molar-refractivity contribution in [2.45, 2.75) is 58.2 Å². The summed E-state index contributed by atoms with van der Waals surface area (Å²) in [4.78, 5) is 14.0. The van der Waals surface area contributed by atoms with Crippen molar-refractivity contribution in [2.75, 3.05) is 19.7 Å². The molecule has 1 aliphatic carbocycles. The average Bonchev–Trinajstić information content (AvgIpc) is 3.57. The second kappa shape index (κ2) is 10.2. The smallest absolute Gasteiger partial charge is 0.245 e. The molecule has 3 aliphatic rings. The van der Waals surface area contributed by atoms with Gasteiger partial charge in [0.1, 0.15) is 5.69 Å². The van der Waals surface area contributed by atoms with Gasteiger partial charge in [-0.05, 0) is 81.9 Å². The van der Waals surface area contributed by atoms with Gasteiger partial charge in [-0.15, -0.1) is 0 Å². The zero-order chi connectivity index (χ0) is 30.2. The number of carbonyl (C=O) groups is 1. The Morgan fingerprint density at radius 1 is 1.11 bits per heavy atom. The number of hydrogen-bond donors (Lipinski definition) is 0. The lowest BCUT2D eigenvalue weighted by Crippen LogP contribution is -2.63. The Kier molecular flexibility index (Phi) is 6.39. The topological polar surface area (TPSA) is 91.0 Å². The SMILES string of the molecule is C=CC(=O)N1CC2(CC(n3nc(-c4ccc5nnccc5c4)c(-c4c(Cl)c(C)cc5c4cnn5C4CCCCO4)c3C)C2)C1. The summed E-state index contributed by atoms with van der Waals surface area (Å²) >= 11 is 7.23. The Morgan fingerprint density at radius 3 is 2.73 bits per heavy atom. The summed E-state index contributed by atoms with van der Waals surface area (Å²) in [6.07, 6.45) is 10.1. The normalized spacial score (nSPS) is 19.8. The molecule has 3 aromatic heterocycles. The largest absolute Gasteiger partial charge is 0.356 e. The zero-order valence-electron chi connectivity index (χ0n) is 25.0. The number of likely N-dealkylation sites (tertiary alicyclic amines) is 1. The molecule has 2 aliphatic heterocycles. The summed E-state index contributed by atoms with van der Waals surface area (Å²) in [6, 6.07) is 10.5. The number of halogens is 1. The van der Waals surface area contributed by atoms with E-state index in [4.69, 9.17) is 26.5 Å². The number of carbonyl (C=O) groups excluding carboxylic acids is 1. The molecule has 1 unspecified atom stereocenters. The maximum atomic E-state index is 12.1. The van der Waals surface area contributed by atoms with Crippen molar-refractivity contribution in [3.63, 3.8) is 0 Å². The van der Waals surface area contributed by atoms with Crippen LogP contribution in [0.25, 0.3) is 44.2 Å². The van der Waals surface area contributed by atoms with Crippen LogP contribution in [0.15, 0.2) is 55.4 Å². The van der Waals surface area contributed by atoms with E-state index in [0.29, 0.717) is 5.02 Å². The molecule has 10 heteroatoms. The predicted molar refractivity (Wildman–Crippen MR) is 170 cm³/mol. The van der Waals surface area contributed by atoms with Gasteiger partial charge < -0.3 is 9.64 Å². The molecule has 5 aromatic rings. The number of ether oxygens (including phenoxy) is 1. The third-order valence-corrected chi connectivity index (χ3v) is 10.3. The van der Waals surface area contributed by atoms with Crippen molar-refractivity contribution in [3.8, 4) is 22.4 Å². The van der Waals surface area contributed by atoms with Gasteiger partial charge >= 0.3 is 0 Å². The predicted octanol–water partition coefficient (Wildman–Crippen LogP) is 6.83. The second-order valence-electron chi connectivity index (χ2n) is 12.7. The van der Waals surface area contributed by atoms with Crippen molar-refractivity contribution in [3.05, 3.63) is 71.7 Å². The molecular weight excluding hydrogens is 574 g/mol. The number of hydrogen-bond acceptors (Lipinski definition) is 6. The standard InChI is InChI=1S/C34H34ClN7O2/c1-4-28(43)40-18-34(19-40)15-24(16-34)41-21(3)30(33(39-41)23-8-9-26-22(14-23)10-11-36-38-26)31-25-17-37-42(29-7-5-6-12-44-29)27(25)13-20(2)32(31)35/h4,8-11,13-14,17,24,29H,1,5-7,12,15-16,18-19H2,2-3H3. The van der Waals surface area contributed by atoms with E-state index in [1.54, 1.807) is 6.20 Å². The van der Waals surface area contributed by atoms with Crippen molar-refractivity contribution >= 4 is 39.3 Å². The van der Waals surface area contributed by atoms with Crippen LogP contribution in [0.1, 0.15) is 55.6 Å². The Morgan fingerprint density at radius 2 is 1.95 bits per heavy atom. The van der Waals surface area contributed by atoms with E-state index in [1.165, 1.54) is 6.08 Å². The highest BCUT2D eigenvalue weighted by atomic mass is 35.5. The maximum Gasteiger partial charge on any atom is 0.245 e. The fourth-order valence-electron chi connectivity index (χ4n) is 7.61. The van der Waals surface area contributed by atoms with Gasteiger partial charge in [-0.25, -0.2) is 4.68 Å². The van der Waals surface area contributed by atoms with E-state index in [1.807, 2.05) is 27.9 Å². The molecule has 2 aromatic carbocycles. The van der Waals surface area contributed by atoms with Gasteiger partial charge in [0.15, 0.2) is 6.23 Å². The third kappa shape index (κ3) is 4.20. The molecule has 1 saturated carbocycles. The molecule has 1 amide bonds. The molecule has 0 bridgehead atoms. The van der Waals surface area contributed by atoms with Crippen LogP contribution in [0.5, 0.6) is 0 Å². The molecule has 224 valence electrons. The van der Waals surface area contributed by atoms with E-state index in [0.717, 1.165) is 107 Å². The summed E-state index contributed by atoms with van der Waals surface area (Å²) in [7, 11) is 0. The summed E-state index contributed by atoms with van der Waals surface area (Å²) in [5.74, 6) is 0.0113. The molecule has 0 N–H and O–H groups in total. The van der Waals surface area contributed by atoms with E-state index < -0.39 is 0 Å². The van der Waals surface area contributed by atoms with Crippen LogP contribution in [0.3, 0.4) is 0 Å². The van der Waals surface area contributed by atoms with Gasteiger partial charge in [0.25, 0.3) is 0 Å². The van der Waals surface area contributed by atoms with Crippen molar-refractivity contribution in [2.24, 2.45) is 5.41 Å². The summed E-state index contributed by atoms with van der Waals surface area (Å²) in [5, 5.41) is 21.2. The highest BCUT2D eigenvalue weighted by Crippen LogP contribution is 2.55. The summed E-state index contributed by atoms with van der Waals surface area (Å²) < 4.78 is 10.4. The van der Waals surface area contributed by atoms with Gasteiger partial charge in [-0.1, -0.05) is 24.2 Å². The van der Waals surface area contributed by atoms with Gasteiger partial charge in [-0.2, -0.15) is 20.4 Å². The third-order valence-electron chi connectivity index (χ3n) is 9.86. The van der Waals surface area contributed by atoms with Crippen LogP contribution in [-0.4, -0.2) is 60.3 Å². The Balaban J connectivity index is 1.27. The number of benzene rings is 2. The fraction of sp³-hybridized carbons (Fsp3) is 0.382. The van der Waals surface area contributed by atoms with Crippen LogP contribution in [0, 0.1) is 19.3 Å². The van der Waals surface area contributed by atoms with Gasteiger partial charge in [0.2, 0.25) is 5.91 Å². The number of nitrogens with zero attached hydrogens (tertiary/aromatic N) is 7. The minimum atomic E-state index is -0.0826. The first kappa shape index (κ1) is 27.5. The van der Waals surface area contributed by atoms with Crippen LogP contribution < -0.4 is 0 Å². The lowest BCUT2D eigenvalue weighted by molar-refractivity contribution is -0.149. The molecule has 0 radical (unpaired) electrons. The highest BCUT2D eigenvalue weighted by molar-refractivity contribution is 6.36. The van der Waals surface area contributed by atoms with Crippen LogP contribution in [-0.2, 0) is 9.53 Å². The molecule has 8 rings (SSSR count). The fourth-order valence-corrected chi connectivity index (χ4v) is 7.86. The van der Waals surface area contributed by atoms with Crippen molar-refractivity contribution < 1.29 is 9.53 Å². The molecule has 2 saturated heterocycles. The van der Waals surface area contributed by atoms with Crippen molar-refractivity contribution in [1.82, 2.24) is 34.7 Å². The number of fused-ring (bicyclic) bond motifs is 2. The van der Waals surface area contributed by atoms with Gasteiger partial charge in [0, 0.05) is 58.3 Å². The van der Waals surface area contributed by atoms with Gasteiger partial charge in [0.05, 0.1) is 34.5 Å². The van der Waals surface area contributed by atoms with Crippen LogP contribution >= 0.6 is 11.6 Å². The minimum Gasteiger partial charge on any atom is -0.356 e. The van der Waals surface area contributed by atoms with E-state index in [-0.39, 0.29) is 23.6 Å². The second-order valence-corrected chi connectivity index (χ2v) is 13.1. The Labute approximate surface area is 260 Å². The zero-order valence-corrected chi connectivity index (χ0v) is 25.7. The first-order valence-electron chi connectivity index (χ1n) is 15.4. The molecule has 44 heavy (non-hydrogen) atoms. The summed E-state index contributed by atoms with van der Waals surface area (Å²) in [5.41, 5.74) is 7.94. The molecule has 9 nitrogen and oxygen atoms in total. The molecule has 1 spiro atoms. The maximum absolute atomic E-state index is 12.1.